The van der Waals surface area contributed by atoms with E-state index in [9.17, 15) is 0 Å². The molecule has 0 aromatic carbocycles. The van der Waals surface area contributed by atoms with Gasteiger partial charge in [0.05, 0.1) is 0 Å². The van der Waals surface area contributed by atoms with Gasteiger partial charge in [0.25, 0.3) is 0 Å². The highest BCUT2D eigenvalue weighted by Gasteiger charge is 2.35. The van der Waals surface area contributed by atoms with Gasteiger partial charge < -0.3 is 5.32 Å². The fourth-order valence-corrected chi connectivity index (χ4v) is 2.08. The number of hydrogen-bond acceptors (Lipinski definition) is 3. The molecule has 0 saturated heterocycles. The lowest BCUT2D eigenvalue weighted by Gasteiger charge is -2.04. The first-order chi connectivity index (χ1) is 7.83. The molecule has 1 aliphatic rings. The molecule has 1 heterocycles. The molecule has 3 nitrogen and oxygen atoms in total. The number of hydrogen-bond donors (Lipinski definition) is 1. The Labute approximate surface area is 96.5 Å². The normalized spacial score (nSPS) is 22.8. The molecular formula is C13H17N3. The zero-order valence-corrected chi connectivity index (χ0v) is 9.61. The number of nitrogens with zero attached hydrogens (tertiary/aromatic N) is 2. The first-order valence-corrected chi connectivity index (χ1v) is 5.92. The minimum absolute atomic E-state index is 0.500. The predicted molar refractivity (Wildman–Crippen MR) is 62.6 cm³/mol. The number of pyridine rings is 1. The molecule has 1 aromatic heterocycles. The van der Waals surface area contributed by atoms with Crippen molar-refractivity contribution in [3.63, 3.8) is 0 Å². The molecule has 3 heteroatoms. The Hall–Kier alpha value is -1.40. The topological polar surface area (TPSA) is 48.7 Å². The summed E-state index contributed by atoms with van der Waals surface area (Å²) in [4.78, 5) is 3.96. The van der Waals surface area contributed by atoms with E-state index in [1.54, 1.807) is 6.20 Å². The summed E-state index contributed by atoms with van der Waals surface area (Å²) in [6.07, 6.45) is 5.62. The number of aromatic nitrogens is 1. The third-order valence-electron chi connectivity index (χ3n) is 3.09. The van der Waals surface area contributed by atoms with Gasteiger partial charge in [0, 0.05) is 18.8 Å². The smallest absolute Gasteiger partial charge is 0.140 e. The number of rotatable bonds is 5. The maximum atomic E-state index is 8.73. The van der Waals surface area contributed by atoms with Crippen molar-refractivity contribution in [2.45, 2.75) is 38.8 Å². The van der Waals surface area contributed by atoms with E-state index in [1.165, 1.54) is 19.3 Å². The molecule has 84 valence electrons. The van der Waals surface area contributed by atoms with E-state index < -0.39 is 0 Å². The fourth-order valence-electron chi connectivity index (χ4n) is 2.08. The molecule has 0 radical (unpaired) electrons. The third-order valence-corrected chi connectivity index (χ3v) is 3.09. The Kier molecular flexibility index (Phi) is 3.53. The van der Waals surface area contributed by atoms with Crippen LogP contribution in [0.25, 0.3) is 0 Å². The molecule has 1 N–H and O–H groups in total. The first-order valence-electron chi connectivity index (χ1n) is 5.92. The maximum Gasteiger partial charge on any atom is 0.140 e. The van der Waals surface area contributed by atoms with E-state index in [1.807, 2.05) is 12.1 Å². The van der Waals surface area contributed by atoms with E-state index in [4.69, 9.17) is 5.26 Å². The van der Waals surface area contributed by atoms with Crippen molar-refractivity contribution in [3.8, 4) is 6.07 Å². The van der Waals surface area contributed by atoms with Crippen molar-refractivity contribution in [2.75, 3.05) is 0 Å². The molecule has 16 heavy (non-hydrogen) atoms. The molecule has 2 atom stereocenters. The molecule has 0 aliphatic heterocycles. The van der Waals surface area contributed by atoms with E-state index >= 15 is 0 Å². The van der Waals surface area contributed by atoms with Gasteiger partial charge >= 0.3 is 0 Å². The minimum Gasteiger partial charge on any atom is -0.310 e. The average Bonchev–Trinajstić information content (AvgIpc) is 3.06. The van der Waals surface area contributed by atoms with Crippen molar-refractivity contribution in [1.82, 2.24) is 10.3 Å². The molecular weight excluding hydrogens is 198 g/mol. The summed E-state index contributed by atoms with van der Waals surface area (Å²) in [7, 11) is 0. The zero-order valence-electron chi connectivity index (χ0n) is 9.61. The summed E-state index contributed by atoms with van der Waals surface area (Å²) in [6, 6.07) is 6.57. The van der Waals surface area contributed by atoms with Crippen LogP contribution in [-0.2, 0) is 6.54 Å². The van der Waals surface area contributed by atoms with Crippen LogP contribution in [0.3, 0.4) is 0 Å². The molecule has 1 aliphatic carbocycles. The van der Waals surface area contributed by atoms with Crippen molar-refractivity contribution in [1.29, 1.82) is 5.26 Å². The second kappa shape index (κ2) is 5.09. The lowest BCUT2D eigenvalue weighted by Crippen LogP contribution is -2.17. The summed E-state index contributed by atoms with van der Waals surface area (Å²) < 4.78 is 0. The highest BCUT2D eigenvalue weighted by molar-refractivity contribution is 5.25. The highest BCUT2D eigenvalue weighted by atomic mass is 15.0. The van der Waals surface area contributed by atoms with Gasteiger partial charge in [-0.2, -0.15) is 5.26 Å². The van der Waals surface area contributed by atoms with Crippen LogP contribution in [0.15, 0.2) is 18.3 Å². The van der Waals surface area contributed by atoms with E-state index in [0.29, 0.717) is 11.7 Å². The van der Waals surface area contributed by atoms with Crippen molar-refractivity contribution < 1.29 is 0 Å². The van der Waals surface area contributed by atoms with Crippen LogP contribution in [-0.4, -0.2) is 11.0 Å². The van der Waals surface area contributed by atoms with Crippen LogP contribution >= 0.6 is 0 Å². The molecule has 1 saturated carbocycles. The number of nitriles is 1. The van der Waals surface area contributed by atoms with E-state index in [2.05, 4.69) is 23.3 Å². The summed E-state index contributed by atoms with van der Waals surface area (Å²) in [5.74, 6) is 0.877. The van der Waals surface area contributed by atoms with Crippen LogP contribution < -0.4 is 5.32 Å². The largest absolute Gasteiger partial charge is 0.310 e. The lowest BCUT2D eigenvalue weighted by molar-refractivity contribution is 0.599. The average molecular weight is 215 g/mol. The van der Waals surface area contributed by atoms with Gasteiger partial charge in [-0.05, 0) is 36.5 Å². The van der Waals surface area contributed by atoms with Crippen LogP contribution in [0.2, 0.25) is 0 Å². The summed E-state index contributed by atoms with van der Waals surface area (Å²) in [5.41, 5.74) is 1.65. The maximum absolute atomic E-state index is 8.73. The summed E-state index contributed by atoms with van der Waals surface area (Å²) >= 11 is 0. The van der Waals surface area contributed by atoms with Crippen molar-refractivity contribution in [3.05, 3.63) is 29.6 Å². The quantitative estimate of drug-likeness (QED) is 0.819. The van der Waals surface area contributed by atoms with Crippen LogP contribution in [0.5, 0.6) is 0 Å². The predicted octanol–water partition coefficient (Wildman–Crippen LogP) is 2.23. The van der Waals surface area contributed by atoms with Gasteiger partial charge in [-0.25, -0.2) is 4.98 Å². The van der Waals surface area contributed by atoms with Crippen molar-refractivity contribution in [2.24, 2.45) is 5.92 Å². The Balaban J connectivity index is 1.80. The van der Waals surface area contributed by atoms with E-state index in [0.717, 1.165) is 18.0 Å². The van der Waals surface area contributed by atoms with Crippen molar-refractivity contribution >= 4 is 0 Å². The Morgan fingerprint density at radius 2 is 2.50 bits per heavy atom. The lowest BCUT2D eigenvalue weighted by atomic mass is 10.2. The zero-order chi connectivity index (χ0) is 11.4. The van der Waals surface area contributed by atoms with Crippen LogP contribution in [0.4, 0.5) is 0 Å². The minimum atomic E-state index is 0.500. The molecule has 0 spiro atoms. The summed E-state index contributed by atoms with van der Waals surface area (Å²) in [5, 5.41) is 12.3. The van der Waals surface area contributed by atoms with Gasteiger partial charge in [0.2, 0.25) is 0 Å². The molecule has 0 amide bonds. The summed E-state index contributed by atoms with van der Waals surface area (Å²) in [6.45, 7) is 3.08. The second-order valence-corrected chi connectivity index (χ2v) is 4.43. The molecule has 1 aromatic rings. The molecule has 0 bridgehead atoms. The molecule has 1 fully saturated rings. The SMILES string of the molecule is CCCC1CC1NCc1ccnc(C#N)c1. The van der Waals surface area contributed by atoms with Gasteiger partial charge in [0.15, 0.2) is 0 Å². The standard InChI is InChI=1S/C13H17N3/c1-2-3-11-7-13(11)16-9-10-4-5-15-12(6-10)8-14/h4-6,11,13,16H,2-3,7,9H2,1H3. The van der Waals surface area contributed by atoms with Crippen LogP contribution in [0, 0.1) is 17.2 Å². The Morgan fingerprint density at radius 1 is 1.62 bits per heavy atom. The number of nitrogens with one attached hydrogen (secondary N) is 1. The van der Waals surface area contributed by atoms with Gasteiger partial charge in [0.1, 0.15) is 11.8 Å². The van der Waals surface area contributed by atoms with Gasteiger partial charge in [-0.15, -0.1) is 0 Å². The molecule has 2 rings (SSSR count). The highest BCUT2D eigenvalue weighted by Crippen LogP contribution is 2.34. The monoisotopic (exact) mass is 215 g/mol. The van der Waals surface area contributed by atoms with Gasteiger partial charge in [-0.1, -0.05) is 13.3 Å². The third kappa shape index (κ3) is 2.80. The van der Waals surface area contributed by atoms with Gasteiger partial charge in [-0.3, -0.25) is 0 Å². The van der Waals surface area contributed by atoms with Crippen LogP contribution in [0.1, 0.15) is 37.4 Å². The van der Waals surface area contributed by atoms with E-state index in [-0.39, 0.29) is 0 Å². The second-order valence-electron chi connectivity index (χ2n) is 4.43. The first kappa shape index (κ1) is 11.1. The fraction of sp³-hybridized carbons (Fsp3) is 0.538. The Bertz CT molecular complexity index is 394. The molecule has 2 unspecified atom stereocenters. The Morgan fingerprint density at radius 3 is 3.25 bits per heavy atom.